The van der Waals surface area contributed by atoms with E-state index in [1.54, 1.807) is 13.0 Å². The number of phenolic OH excluding ortho intramolecular Hbond substituents is 1. The maximum absolute atomic E-state index is 10.8. The van der Waals surface area contributed by atoms with Gasteiger partial charge in [-0.25, -0.2) is 0 Å². The molecule has 0 heterocycles. The molecule has 0 aromatic heterocycles. The first-order valence-electron chi connectivity index (χ1n) is 4.33. The number of hydrogen-bond donors (Lipinski definition) is 3. The molecular formula is C10H12BrNO3. The normalized spacial score (nSPS) is 12.5. The quantitative estimate of drug-likeness (QED) is 0.768. The summed E-state index contributed by atoms with van der Waals surface area (Å²) >= 11 is 3.15. The molecule has 0 radical (unpaired) electrons. The van der Waals surface area contributed by atoms with Gasteiger partial charge in [-0.2, -0.15) is 0 Å². The summed E-state index contributed by atoms with van der Waals surface area (Å²) in [5.74, 6) is -1.26. The largest absolute Gasteiger partial charge is 0.506 e. The summed E-state index contributed by atoms with van der Waals surface area (Å²) < 4.78 is 0.456. The first-order chi connectivity index (χ1) is 6.86. The molecule has 0 fully saturated rings. The van der Waals surface area contributed by atoms with Gasteiger partial charge in [0.2, 0.25) is 0 Å². The Bertz CT molecular complexity index is 391. The van der Waals surface area contributed by atoms with E-state index in [0.717, 1.165) is 5.56 Å². The van der Waals surface area contributed by atoms with Crippen LogP contribution in [-0.2, 0) is 4.79 Å². The van der Waals surface area contributed by atoms with Gasteiger partial charge in [-0.15, -0.1) is 0 Å². The van der Waals surface area contributed by atoms with Gasteiger partial charge in [-0.3, -0.25) is 4.79 Å². The van der Waals surface area contributed by atoms with Gasteiger partial charge in [-0.1, -0.05) is 0 Å². The summed E-state index contributed by atoms with van der Waals surface area (Å²) in [5, 5.41) is 18.5. The smallest absolute Gasteiger partial charge is 0.325 e. The van der Waals surface area contributed by atoms with E-state index in [1.807, 2.05) is 6.92 Å². The topological polar surface area (TPSA) is 83.5 Å². The van der Waals surface area contributed by atoms with E-state index in [0.29, 0.717) is 10.0 Å². The minimum absolute atomic E-state index is 0.104. The fourth-order valence-electron chi connectivity index (χ4n) is 1.39. The molecule has 1 aromatic rings. The van der Waals surface area contributed by atoms with E-state index >= 15 is 0 Å². The SMILES string of the molecule is Cc1cc(Br)c(O)c(C(N)C(=O)O)c1C. The van der Waals surface area contributed by atoms with Crippen LogP contribution in [0.15, 0.2) is 10.5 Å². The summed E-state index contributed by atoms with van der Waals surface area (Å²) in [5.41, 5.74) is 7.34. The zero-order valence-corrected chi connectivity index (χ0v) is 10.00. The summed E-state index contributed by atoms with van der Waals surface area (Å²) in [6, 6.07) is 0.518. The molecule has 1 unspecified atom stereocenters. The van der Waals surface area contributed by atoms with Crippen LogP contribution in [0.5, 0.6) is 5.75 Å². The maximum atomic E-state index is 10.8. The third-order valence-electron chi connectivity index (χ3n) is 2.40. The van der Waals surface area contributed by atoms with Crippen molar-refractivity contribution in [3.63, 3.8) is 0 Å². The lowest BCUT2D eigenvalue weighted by molar-refractivity contribution is -0.138. The van der Waals surface area contributed by atoms with Crippen molar-refractivity contribution in [3.05, 3.63) is 27.2 Å². The maximum Gasteiger partial charge on any atom is 0.325 e. The van der Waals surface area contributed by atoms with Crippen LogP contribution in [-0.4, -0.2) is 16.2 Å². The van der Waals surface area contributed by atoms with Gasteiger partial charge < -0.3 is 15.9 Å². The van der Waals surface area contributed by atoms with E-state index in [2.05, 4.69) is 15.9 Å². The lowest BCUT2D eigenvalue weighted by atomic mass is 9.97. The average molecular weight is 274 g/mol. The molecule has 0 aliphatic rings. The second-order valence-electron chi connectivity index (χ2n) is 3.38. The Morgan fingerprint density at radius 3 is 2.53 bits per heavy atom. The molecule has 1 rings (SSSR count). The van der Waals surface area contributed by atoms with Gasteiger partial charge in [0.05, 0.1) is 4.47 Å². The van der Waals surface area contributed by atoms with Gasteiger partial charge in [0, 0.05) is 5.56 Å². The predicted octanol–water partition coefficient (Wildman–Crippen LogP) is 1.86. The average Bonchev–Trinajstić information content (AvgIpc) is 2.15. The minimum atomic E-state index is -1.21. The third-order valence-corrected chi connectivity index (χ3v) is 3.00. The second-order valence-corrected chi connectivity index (χ2v) is 4.23. The van der Waals surface area contributed by atoms with Crippen molar-refractivity contribution >= 4 is 21.9 Å². The molecule has 0 aliphatic heterocycles. The number of aryl methyl sites for hydroxylation is 1. The molecule has 82 valence electrons. The highest BCUT2D eigenvalue weighted by atomic mass is 79.9. The van der Waals surface area contributed by atoms with Crippen molar-refractivity contribution in [2.45, 2.75) is 19.9 Å². The van der Waals surface area contributed by atoms with Crippen LogP contribution in [0.2, 0.25) is 0 Å². The number of benzene rings is 1. The Kier molecular flexibility index (Phi) is 3.36. The van der Waals surface area contributed by atoms with Gasteiger partial charge in [0.25, 0.3) is 0 Å². The highest BCUT2D eigenvalue weighted by molar-refractivity contribution is 9.10. The fourth-order valence-corrected chi connectivity index (χ4v) is 1.95. The number of phenols is 1. The van der Waals surface area contributed by atoms with E-state index in [4.69, 9.17) is 10.8 Å². The number of carboxylic acid groups (broad SMARTS) is 1. The van der Waals surface area contributed by atoms with Crippen LogP contribution in [0, 0.1) is 13.8 Å². The van der Waals surface area contributed by atoms with Crippen molar-refractivity contribution in [2.24, 2.45) is 5.73 Å². The second kappa shape index (κ2) is 4.20. The number of carboxylic acids is 1. The lowest BCUT2D eigenvalue weighted by Crippen LogP contribution is -2.22. The Morgan fingerprint density at radius 2 is 2.07 bits per heavy atom. The van der Waals surface area contributed by atoms with Gasteiger partial charge in [0.15, 0.2) is 0 Å². The Balaban J connectivity index is 3.45. The predicted molar refractivity (Wildman–Crippen MR) is 59.8 cm³/mol. The van der Waals surface area contributed by atoms with Crippen LogP contribution in [0.3, 0.4) is 0 Å². The first kappa shape index (κ1) is 12.0. The van der Waals surface area contributed by atoms with Crippen LogP contribution >= 0.6 is 15.9 Å². The number of aliphatic carboxylic acids is 1. The summed E-state index contributed by atoms with van der Waals surface area (Å²) in [6.07, 6.45) is 0. The molecule has 15 heavy (non-hydrogen) atoms. The van der Waals surface area contributed by atoms with Crippen LogP contribution < -0.4 is 5.73 Å². The molecule has 4 nitrogen and oxygen atoms in total. The summed E-state index contributed by atoms with van der Waals surface area (Å²) in [6.45, 7) is 3.57. The number of aromatic hydroxyl groups is 1. The van der Waals surface area contributed by atoms with E-state index in [1.165, 1.54) is 0 Å². The lowest BCUT2D eigenvalue weighted by Gasteiger charge is -2.15. The molecule has 0 aliphatic carbocycles. The van der Waals surface area contributed by atoms with E-state index in [-0.39, 0.29) is 11.3 Å². The standard InChI is InChI=1S/C10H12BrNO3/c1-4-3-6(11)9(13)7(5(4)2)8(12)10(14)15/h3,8,13H,12H2,1-2H3,(H,14,15). The van der Waals surface area contributed by atoms with Crippen molar-refractivity contribution in [3.8, 4) is 5.75 Å². The minimum Gasteiger partial charge on any atom is -0.506 e. The molecule has 0 saturated carbocycles. The molecule has 0 spiro atoms. The highest BCUT2D eigenvalue weighted by Crippen LogP contribution is 2.35. The first-order valence-corrected chi connectivity index (χ1v) is 5.12. The number of halogens is 1. The summed E-state index contributed by atoms with van der Waals surface area (Å²) in [7, 11) is 0. The number of rotatable bonds is 2. The van der Waals surface area contributed by atoms with Crippen molar-refractivity contribution in [1.29, 1.82) is 0 Å². The van der Waals surface area contributed by atoms with E-state index < -0.39 is 12.0 Å². The van der Waals surface area contributed by atoms with Crippen molar-refractivity contribution < 1.29 is 15.0 Å². The number of nitrogens with two attached hydrogens (primary N) is 1. The Labute approximate surface area is 95.8 Å². The van der Waals surface area contributed by atoms with Gasteiger partial charge >= 0.3 is 5.97 Å². The monoisotopic (exact) mass is 273 g/mol. The molecule has 1 aromatic carbocycles. The van der Waals surface area contributed by atoms with E-state index in [9.17, 15) is 9.90 Å². The van der Waals surface area contributed by atoms with Crippen LogP contribution in [0.25, 0.3) is 0 Å². The molecule has 1 atom stereocenters. The van der Waals surface area contributed by atoms with Gasteiger partial charge in [0.1, 0.15) is 11.8 Å². The van der Waals surface area contributed by atoms with Crippen LogP contribution in [0.4, 0.5) is 0 Å². The molecule has 0 saturated heterocycles. The zero-order valence-electron chi connectivity index (χ0n) is 8.41. The van der Waals surface area contributed by atoms with Crippen molar-refractivity contribution in [2.75, 3.05) is 0 Å². The van der Waals surface area contributed by atoms with Crippen molar-refractivity contribution in [1.82, 2.24) is 0 Å². The zero-order chi connectivity index (χ0) is 11.7. The Hall–Kier alpha value is -1.07. The third kappa shape index (κ3) is 2.13. The number of carbonyl (C=O) groups is 1. The molecule has 4 N–H and O–H groups in total. The Morgan fingerprint density at radius 1 is 1.53 bits per heavy atom. The highest BCUT2D eigenvalue weighted by Gasteiger charge is 2.23. The van der Waals surface area contributed by atoms with Gasteiger partial charge in [-0.05, 0) is 47.0 Å². The van der Waals surface area contributed by atoms with Crippen LogP contribution in [0.1, 0.15) is 22.7 Å². The molecule has 0 bridgehead atoms. The molecule has 5 heteroatoms. The fraction of sp³-hybridized carbons (Fsp3) is 0.300. The molecular weight excluding hydrogens is 262 g/mol. The molecule has 0 amide bonds. The summed E-state index contributed by atoms with van der Waals surface area (Å²) in [4.78, 5) is 10.8. The number of hydrogen-bond acceptors (Lipinski definition) is 3.